The average molecular weight is 556 g/mol. The molecule has 0 aliphatic heterocycles. The number of aliphatic hydroxyl groups excluding tert-OH is 1. The number of furan rings is 1. The molecule has 0 bridgehead atoms. The third-order valence-electron chi connectivity index (χ3n) is 4.86. The van der Waals surface area contributed by atoms with Gasteiger partial charge in [-0.05, 0) is 61.4 Å². The van der Waals surface area contributed by atoms with Gasteiger partial charge in [0.15, 0.2) is 5.96 Å². The van der Waals surface area contributed by atoms with E-state index in [0.29, 0.717) is 36.2 Å². The standard InChI is InChI=1S/C24H36N4O3.HI/c1-4-25-24(28-16-20(10-11-29)13-18(2)3)27-15-19-7-5-8-21(14-19)23(30)26-17-22-9-6-12-31-22;/h5-9,12,14,18,20,29H,4,10-11,13,15-17H2,1-3H3,(H,26,30)(H2,25,27,28);1H. The Bertz CT molecular complexity index is 809. The summed E-state index contributed by atoms with van der Waals surface area (Å²) >= 11 is 0. The van der Waals surface area contributed by atoms with E-state index < -0.39 is 0 Å². The molecule has 7 nitrogen and oxygen atoms in total. The van der Waals surface area contributed by atoms with Crippen LogP contribution in [0.3, 0.4) is 0 Å². The van der Waals surface area contributed by atoms with E-state index in [0.717, 1.165) is 37.5 Å². The van der Waals surface area contributed by atoms with Crippen LogP contribution >= 0.6 is 24.0 Å². The number of guanidine groups is 1. The maximum atomic E-state index is 12.4. The molecule has 1 aromatic heterocycles. The van der Waals surface area contributed by atoms with Gasteiger partial charge in [0.05, 0.1) is 19.4 Å². The minimum atomic E-state index is -0.146. The van der Waals surface area contributed by atoms with Gasteiger partial charge >= 0.3 is 0 Å². The van der Waals surface area contributed by atoms with E-state index in [1.54, 1.807) is 18.4 Å². The van der Waals surface area contributed by atoms with Crippen molar-refractivity contribution in [3.8, 4) is 0 Å². The predicted molar refractivity (Wildman–Crippen MR) is 139 cm³/mol. The van der Waals surface area contributed by atoms with Crippen LogP contribution in [0, 0.1) is 11.8 Å². The lowest BCUT2D eigenvalue weighted by molar-refractivity contribution is 0.0948. The Labute approximate surface area is 208 Å². The summed E-state index contributed by atoms with van der Waals surface area (Å²) in [6, 6.07) is 11.1. The molecule has 0 aliphatic rings. The summed E-state index contributed by atoms with van der Waals surface area (Å²) in [5.41, 5.74) is 1.55. The van der Waals surface area contributed by atoms with Gasteiger partial charge in [0.25, 0.3) is 5.91 Å². The van der Waals surface area contributed by atoms with E-state index in [1.165, 1.54) is 0 Å². The van der Waals surface area contributed by atoms with Crippen LogP contribution < -0.4 is 16.0 Å². The lowest BCUT2D eigenvalue weighted by Crippen LogP contribution is -2.40. The third kappa shape index (κ3) is 10.5. The molecular weight excluding hydrogens is 519 g/mol. The second-order valence-electron chi connectivity index (χ2n) is 8.05. The van der Waals surface area contributed by atoms with Crippen molar-refractivity contribution < 1.29 is 14.3 Å². The molecule has 1 unspecified atom stereocenters. The predicted octanol–water partition coefficient (Wildman–Crippen LogP) is 3.93. The van der Waals surface area contributed by atoms with Gasteiger partial charge in [-0.1, -0.05) is 26.0 Å². The van der Waals surface area contributed by atoms with Gasteiger partial charge in [-0.3, -0.25) is 4.79 Å². The summed E-state index contributed by atoms with van der Waals surface area (Å²) in [6.45, 7) is 8.96. The summed E-state index contributed by atoms with van der Waals surface area (Å²) < 4.78 is 5.25. The number of benzene rings is 1. The highest BCUT2D eigenvalue weighted by atomic mass is 127. The van der Waals surface area contributed by atoms with Crippen LogP contribution in [-0.4, -0.2) is 36.7 Å². The lowest BCUT2D eigenvalue weighted by Gasteiger charge is -2.20. The molecular formula is C24H37IN4O3. The third-order valence-corrected chi connectivity index (χ3v) is 4.86. The molecule has 8 heteroatoms. The fraction of sp³-hybridized carbons (Fsp3) is 0.500. The van der Waals surface area contributed by atoms with Crippen molar-refractivity contribution >= 4 is 35.8 Å². The number of hydrogen-bond acceptors (Lipinski definition) is 4. The largest absolute Gasteiger partial charge is 0.467 e. The maximum absolute atomic E-state index is 12.4. The van der Waals surface area contributed by atoms with E-state index in [-0.39, 0.29) is 36.5 Å². The Hall–Kier alpha value is -2.07. The molecule has 0 saturated heterocycles. The fourth-order valence-electron chi connectivity index (χ4n) is 3.40. The Balaban J connectivity index is 0.00000512. The number of carbonyl (C=O) groups excluding carboxylic acids is 1. The zero-order valence-corrected chi connectivity index (χ0v) is 21.6. The van der Waals surface area contributed by atoms with Crippen LogP contribution in [0.15, 0.2) is 52.1 Å². The Kier molecular flexibility index (Phi) is 13.7. The molecule has 1 heterocycles. The van der Waals surface area contributed by atoms with Crippen LogP contribution in [-0.2, 0) is 13.1 Å². The number of rotatable bonds is 12. The SMILES string of the molecule is CCNC(=NCc1cccc(C(=O)NCc2ccco2)c1)NCC(CCO)CC(C)C.I. The van der Waals surface area contributed by atoms with Crippen LogP contribution in [0.1, 0.15) is 55.3 Å². The van der Waals surface area contributed by atoms with E-state index in [9.17, 15) is 9.90 Å². The van der Waals surface area contributed by atoms with Crippen molar-refractivity contribution in [3.05, 3.63) is 59.5 Å². The van der Waals surface area contributed by atoms with E-state index >= 15 is 0 Å². The Morgan fingerprint density at radius 2 is 1.97 bits per heavy atom. The van der Waals surface area contributed by atoms with Crippen molar-refractivity contribution in [3.63, 3.8) is 0 Å². The van der Waals surface area contributed by atoms with Gasteiger partial charge in [0.2, 0.25) is 0 Å². The highest BCUT2D eigenvalue weighted by molar-refractivity contribution is 14.0. The highest BCUT2D eigenvalue weighted by Gasteiger charge is 2.12. The summed E-state index contributed by atoms with van der Waals surface area (Å²) in [7, 11) is 0. The first kappa shape index (κ1) is 28.0. The maximum Gasteiger partial charge on any atom is 0.251 e. The number of hydrogen-bond donors (Lipinski definition) is 4. The molecule has 0 spiro atoms. The van der Waals surface area contributed by atoms with Gasteiger partial charge in [0.1, 0.15) is 5.76 Å². The number of amides is 1. The van der Waals surface area contributed by atoms with Gasteiger partial charge in [0, 0.05) is 25.3 Å². The molecule has 0 radical (unpaired) electrons. The van der Waals surface area contributed by atoms with Crippen molar-refractivity contribution in [2.24, 2.45) is 16.8 Å². The smallest absolute Gasteiger partial charge is 0.251 e. The van der Waals surface area contributed by atoms with Crippen LogP contribution in [0.2, 0.25) is 0 Å². The second-order valence-corrected chi connectivity index (χ2v) is 8.05. The average Bonchev–Trinajstić information content (AvgIpc) is 3.27. The molecule has 2 aromatic rings. The van der Waals surface area contributed by atoms with Gasteiger partial charge in [-0.2, -0.15) is 0 Å². The van der Waals surface area contributed by atoms with Crippen molar-refractivity contribution in [1.29, 1.82) is 0 Å². The second kappa shape index (κ2) is 15.7. The van der Waals surface area contributed by atoms with Crippen molar-refractivity contribution in [1.82, 2.24) is 16.0 Å². The minimum Gasteiger partial charge on any atom is -0.467 e. The topological polar surface area (TPSA) is 98.9 Å². The van der Waals surface area contributed by atoms with E-state index in [1.807, 2.05) is 31.2 Å². The monoisotopic (exact) mass is 556 g/mol. The summed E-state index contributed by atoms with van der Waals surface area (Å²) in [4.78, 5) is 17.1. The Morgan fingerprint density at radius 1 is 1.16 bits per heavy atom. The van der Waals surface area contributed by atoms with Crippen LogP contribution in [0.4, 0.5) is 0 Å². The number of carbonyl (C=O) groups is 1. The summed E-state index contributed by atoms with van der Waals surface area (Å²) in [5, 5.41) is 18.8. The molecule has 1 amide bonds. The quantitative estimate of drug-likeness (QED) is 0.181. The van der Waals surface area contributed by atoms with Gasteiger partial charge in [-0.15, -0.1) is 24.0 Å². The zero-order chi connectivity index (χ0) is 22.5. The van der Waals surface area contributed by atoms with Gasteiger partial charge < -0.3 is 25.5 Å². The number of halogens is 1. The number of nitrogens with one attached hydrogen (secondary N) is 3. The number of aliphatic hydroxyl groups is 1. The first-order valence-corrected chi connectivity index (χ1v) is 11.0. The molecule has 2 rings (SSSR count). The molecule has 1 aromatic carbocycles. The molecule has 1 atom stereocenters. The normalized spacial score (nSPS) is 12.2. The van der Waals surface area contributed by atoms with E-state index in [2.05, 4.69) is 34.8 Å². The highest BCUT2D eigenvalue weighted by Crippen LogP contribution is 2.14. The number of nitrogens with zero attached hydrogens (tertiary/aromatic N) is 1. The molecule has 32 heavy (non-hydrogen) atoms. The van der Waals surface area contributed by atoms with Gasteiger partial charge in [-0.25, -0.2) is 4.99 Å². The first-order chi connectivity index (χ1) is 15.0. The zero-order valence-electron chi connectivity index (χ0n) is 19.3. The molecule has 4 N–H and O–H groups in total. The summed E-state index contributed by atoms with van der Waals surface area (Å²) in [6.07, 6.45) is 3.42. The molecule has 0 aliphatic carbocycles. The van der Waals surface area contributed by atoms with Crippen LogP contribution in [0.5, 0.6) is 0 Å². The fourth-order valence-corrected chi connectivity index (χ4v) is 3.40. The van der Waals surface area contributed by atoms with Crippen LogP contribution in [0.25, 0.3) is 0 Å². The number of aliphatic imine (C=N–C) groups is 1. The minimum absolute atomic E-state index is 0. The van der Waals surface area contributed by atoms with Crippen molar-refractivity contribution in [2.75, 3.05) is 19.7 Å². The Morgan fingerprint density at radius 3 is 2.62 bits per heavy atom. The first-order valence-electron chi connectivity index (χ1n) is 11.0. The molecule has 178 valence electrons. The molecule has 0 fully saturated rings. The summed E-state index contributed by atoms with van der Waals surface area (Å²) in [5.74, 6) is 2.29. The van der Waals surface area contributed by atoms with E-state index in [4.69, 9.17) is 4.42 Å². The van der Waals surface area contributed by atoms with Crippen molar-refractivity contribution in [2.45, 2.75) is 46.7 Å². The lowest BCUT2D eigenvalue weighted by atomic mass is 9.94. The molecule has 0 saturated carbocycles.